The number of halogens is 3. The average Bonchev–Trinajstić information content (AvgIpc) is 3.36. The molecule has 42 heavy (non-hydrogen) atoms. The lowest BCUT2D eigenvalue weighted by atomic mass is 9.82. The fourth-order valence-corrected chi connectivity index (χ4v) is 5.60. The van der Waals surface area contributed by atoms with Crippen LogP contribution < -0.4 is 5.73 Å². The molecule has 3 N–H and O–H groups in total. The van der Waals surface area contributed by atoms with E-state index in [1.54, 1.807) is 12.3 Å². The number of aliphatic hydroxyl groups excluding tert-OH is 1. The van der Waals surface area contributed by atoms with Gasteiger partial charge >= 0.3 is 0 Å². The van der Waals surface area contributed by atoms with E-state index < -0.39 is 53.3 Å². The van der Waals surface area contributed by atoms with E-state index in [1.165, 1.54) is 11.8 Å². The third-order valence-electron chi connectivity index (χ3n) is 7.32. The van der Waals surface area contributed by atoms with Crippen LogP contribution in [-0.4, -0.2) is 56.6 Å². The fraction of sp³-hybridized carbons (Fsp3) is 0.406. The van der Waals surface area contributed by atoms with Gasteiger partial charge in [-0.2, -0.15) is 0 Å². The maximum atomic E-state index is 14.9. The van der Waals surface area contributed by atoms with Crippen LogP contribution in [0.5, 0.6) is 0 Å². The van der Waals surface area contributed by atoms with Crippen LogP contribution in [0.15, 0.2) is 60.8 Å². The lowest BCUT2D eigenvalue weighted by molar-refractivity contribution is -0.140. The monoisotopic (exact) mass is 645 g/mol. The van der Waals surface area contributed by atoms with E-state index in [4.69, 9.17) is 5.73 Å². The van der Waals surface area contributed by atoms with E-state index in [0.29, 0.717) is 17.8 Å². The minimum atomic E-state index is -1.01. The number of alkyl halides is 1. The van der Waals surface area contributed by atoms with Crippen LogP contribution in [0, 0.1) is 23.0 Å². The van der Waals surface area contributed by atoms with E-state index in [0.717, 1.165) is 23.8 Å². The van der Waals surface area contributed by atoms with Gasteiger partial charge in [0.1, 0.15) is 18.2 Å². The Balaban J connectivity index is 2.10. The number of nitrogens with zero attached hydrogens (tertiary/aromatic N) is 2. The Bertz CT molecular complexity index is 1400. The van der Waals surface area contributed by atoms with Crippen molar-refractivity contribution in [3.8, 4) is 11.1 Å². The number of Topliss-reactive ketones (excluding diaryl/α,β-unsaturated/α-hetero) is 2. The normalized spacial score (nSPS) is 13.8. The summed E-state index contributed by atoms with van der Waals surface area (Å²) in [6.45, 7) is 6.91. The van der Waals surface area contributed by atoms with Crippen LogP contribution in [0.1, 0.15) is 51.4 Å². The summed E-state index contributed by atoms with van der Waals surface area (Å²) in [5.41, 5.74) is 7.67. The quantitative estimate of drug-likeness (QED) is 0.194. The molecule has 0 radical (unpaired) electrons. The van der Waals surface area contributed by atoms with Gasteiger partial charge in [-0.05, 0) is 48.6 Å². The smallest absolute Gasteiger partial charge is 0.248 e. The number of ketones is 2. The van der Waals surface area contributed by atoms with Crippen molar-refractivity contribution < 1.29 is 28.3 Å². The molecule has 1 unspecified atom stereocenters. The molecule has 0 fully saturated rings. The topological polar surface area (TPSA) is 106 Å². The third kappa shape index (κ3) is 7.99. The average molecular weight is 647 g/mol. The molecule has 10 heteroatoms. The molecule has 0 saturated carbocycles. The molecule has 0 saturated heterocycles. The van der Waals surface area contributed by atoms with Crippen molar-refractivity contribution in [1.82, 2.24) is 9.47 Å². The second kappa shape index (κ2) is 14.3. The summed E-state index contributed by atoms with van der Waals surface area (Å²) in [5, 5.41) is 9.98. The summed E-state index contributed by atoms with van der Waals surface area (Å²) >= 11 is 3.08. The summed E-state index contributed by atoms with van der Waals surface area (Å²) in [6, 6.07) is 12.9. The number of hydrogen-bond acceptors (Lipinski definition) is 5. The van der Waals surface area contributed by atoms with E-state index in [2.05, 4.69) is 15.9 Å². The van der Waals surface area contributed by atoms with E-state index in [-0.39, 0.29) is 29.6 Å². The first-order valence-electron chi connectivity index (χ1n) is 13.8. The number of carbonyl (C=O) groups excluding carboxylic acids is 3. The Morgan fingerprint density at radius 1 is 1.07 bits per heavy atom. The molecule has 0 aliphatic carbocycles. The number of amides is 1. The van der Waals surface area contributed by atoms with Gasteiger partial charge in [0, 0.05) is 36.1 Å². The Kier molecular flexibility index (Phi) is 11.3. The first kappa shape index (κ1) is 33.3. The lowest BCUT2D eigenvalue weighted by Crippen LogP contribution is -2.46. The maximum absolute atomic E-state index is 14.9. The molecule has 1 amide bonds. The van der Waals surface area contributed by atoms with Crippen molar-refractivity contribution >= 4 is 33.4 Å². The summed E-state index contributed by atoms with van der Waals surface area (Å²) < 4.78 is 30.9. The number of hydrogen-bond donors (Lipinski definition) is 2. The van der Waals surface area contributed by atoms with E-state index >= 15 is 0 Å². The Labute approximate surface area is 253 Å². The molecule has 0 aliphatic heterocycles. The molecule has 0 bridgehead atoms. The van der Waals surface area contributed by atoms with E-state index in [9.17, 15) is 28.3 Å². The summed E-state index contributed by atoms with van der Waals surface area (Å²) in [5.74, 6) is -3.37. The summed E-state index contributed by atoms with van der Waals surface area (Å²) in [4.78, 5) is 39.6. The van der Waals surface area contributed by atoms with Crippen molar-refractivity contribution in [2.24, 2.45) is 17.1 Å². The zero-order valence-electron chi connectivity index (χ0n) is 24.3. The molecule has 1 heterocycles. The highest BCUT2D eigenvalue weighted by molar-refractivity contribution is 9.09. The molecule has 2 aromatic carbocycles. The third-order valence-corrected chi connectivity index (χ3v) is 7.87. The van der Waals surface area contributed by atoms with Gasteiger partial charge in [0.25, 0.3) is 0 Å². The van der Waals surface area contributed by atoms with Crippen molar-refractivity contribution in [2.75, 3.05) is 18.5 Å². The number of nitrogens with two attached hydrogens (primary N) is 1. The second-order valence-corrected chi connectivity index (χ2v) is 12.1. The molecule has 1 aromatic heterocycles. The Hall–Kier alpha value is -3.21. The maximum Gasteiger partial charge on any atom is 0.248 e. The van der Waals surface area contributed by atoms with Crippen molar-refractivity contribution in [3.05, 3.63) is 83.7 Å². The second-order valence-electron chi connectivity index (χ2n) is 11.5. The predicted octanol–water partition coefficient (Wildman–Crippen LogP) is 5.28. The molecule has 3 aromatic rings. The van der Waals surface area contributed by atoms with Crippen LogP contribution in [0.4, 0.5) is 8.78 Å². The molecule has 0 spiro atoms. The van der Waals surface area contributed by atoms with Crippen LogP contribution >= 0.6 is 15.9 Å². The molecular weight excluding hydrogens is 608 g/mol. The Morgan fingerprint density at radius 3 is 2.33 bits per heavy atom. The van der Waals surface area contributed by atoms with Gasteiger partial charge in [-0.3, -0.25) is 14.4 Å². The Morgan fingerprint density at radius 2 is 1.74 bits per heavy atom. The SMILES string of the molecule is CC(C(=O)CBr)C(=O)[C@@H](N)CCN(C(=O)CO)[C@@H](c1cc(-c2cc(F)ccc2F)cn1Cc1ccccc1)C(C)(C)C. The number of aromatic nitrogens is 1. The predicted molar refractivity (Wildman–Crippen MR) is 162 cm³/mol. The number of aliphatic hydroxyl groups is 1. The minimum absolute atomic E-state index is 0.0175. The van der Waals surface area contributed by atoms with Gasteiger partial charge in [0.2, 0.25) is 5.91 Å². The highest BCUT2D eigenvalue weighted by Gasteiger charge is 2.38. The standard InChI is InChI=1S/C32H38BrF2N3O4/c1-20(28(40)16-33)30(42)26(36)12-13-38(29(41)19-39)31(32(2,3)4)27-14-22(24-15-23(34)10-11-25(24)35)18-37(27)17-21-8-6-5-7-9-21/h5-11,14-15,18,20,26,31,39H,12-13,16-17,19,36H2,1-4H3/t20?,26-,31-/m0/s1. The zero-order chi connectivity index (χ0) is 31.2. The summed E-state index contributed by atoms with van der Waals surface area (Å²) in [6.07, 6.45) is 1.78. The molecular formula is C32H38BrF2N3O4. The van der Waals surface area contributed by atoms with Crippen molar-refractivity contribution in [3.63, 3.8) is 0 Å². The summed E-state index contributed by atoms with van der Waals surface area (Å²) in [7, 11) is 0. The lowest BCUT2D eigenvalue weighted by Gasteiger charge is -2.41. The van der Waals surface area contributed by atoms with Crippen LogP contribution in [0.2, 0.25) is 0 Å². The molecule has 3 atom stereocenters. The van der Waals surface area contributed by atoms with Gasteiger partial charge in [-0.15, -0.1) is 0 Å². The highest BCUT2D eigenvalue weighted by Crippen LogP contribution is 2.41. The van der Waals surface area contributed by atoms with Gasteiger partial charge in [0.15, 0.2) is 11.6 Å². The van der Waals surface area contributed by atoms with Crippen LogP contribution in [0.25, 0.3) is 11.1 Å². The highest BCUT2D eigenvalue weighted by atomic mass is 79.9. The molecule has 7 nitrogen and oxygen atoms in total. The number of rotatable bonds is 13. The largest absolute Gasteiger partial charge is 0.387 e. The van der Waals surface area contributed by atoms with Crippen LogP contribution in [0.3, 0.4) is 0 Å². The molecule has 0 aliphatic rings. The van der Waals surface area contributed by atoms with Gasteiger partial charge < -0.3 is 20.3 Å². The first-order chi connectivity index (χ1) is 19.8. The van der Waals surface area contributed by atoms with Gasteiger partial charge in [-0.25, -0.2) is 8.78 Å². The number of benzene rings is 2. The first-order valence-corrected chi connectivity index (χ1v) is 14.9. The van der Waals surface area contributed by atoms with Crippen molar-refractivity contribution in [1.29, 1.82) is 0 Å². The zero-order valence-corrected chi connectivity index (χ0v) is 25.9. The number of carbonyl (C=O) groups is 3. The fourth-order valence-electron chi connectivity index (χ4n) is 5.12. The molecule has 226 valence electrons. The van der Waals surface area contributed by atoms with Crippen molar-refractivity contribution in [2.45, 2.75) is 52.7 Å². The van der Waals surface area contributed by atoms with Crippen LogP contribution in [-0.2, 0) is 20.9 Å². The van der Waals surface area contributed by atoms with Gasteiger partial charge in [0.05, 0.1) is 23.3 Å². The van der Waals surface area contributed by atoms with E-state index in [1.807, 2.05) is 55.7 Å². The minimum Gasteiger partial charge on any atom is -0.387 e. The molecule has 3 rings (SSSR count). The van der Waals surface area contributed by atoms with Gasteiger partial charge in [-0.1, -0.05) is 67.0 Å².